The van der Waals surface area contributed by atoms with E-state index in [1.807, 2.05) is 6.92 Å². The Morgan fingerprint density at radius 3 is 2.58 bits per heavy atom. The minimum Gasteiger partial charge on any atom is -0.493 e. The Labute approximate surface area is 112 Å². The number of hydrogen-bond acceptors (Lipinski definition) is 5. The second-order valence-electron chi connectivity index (χ2n) is 4.20. The minimum atomic E-state index is -0.945. The number of aliphatic hydroxyl groups is 1. The zero-order valence-corrected chi connectivity index (χ0v) is 11.4. The summed E-state index contributed by atoms with van der Waals surface area (Å²) < 4.78 is 10.6. The van der Waals surface area contributed by atoms with Crippen molar-refractivity contribution in [3.8, 4) is 11.5 Å². The Hall–Kier alpha value is -1.82. The summed E-state index contributed by atoms with van der Waals surface area (Å²) in [5.74, 6) is 0.713. The van der Waals surface area contributed by atoms with Gasteiger partial charge in [-0.15, -0.1) is 0 Å². The van der Waals surface area contributed by atoms with Crippen molar-refractivity contribution in [2.75, 3.05) is 13.7 Å². The number of rotatable bonds is 7. The maximum absolute atomic E-state index is 11.0. The molecule has 1 aromatic carbocycles. The van der Waals surface area contributed by atoms with E-state index < -0.39 is 11.0 Å². The average Bonchev–Trinajstić information content (AvgIpc) is 2.38. The van der Waals surface area contributed by atoms with Gasteiger partial charge in [0.05, 0.1) is 36.4 Å². The van der Waals surface area contributed by atoms with Gasteiger partial charge >= 0.3 is 0 Å². The molecule has 1 rings (SSSR count). The van der Waals surface area contributed by atoms with Gasteiger partial charge in [-0.3, -0.25) is 10.1 Å². The average molecular weight is 269 g/mol. The lowest BCUT2D eigenvalue weighted by atomic mass is 10.1. The van der Waals surface area contributed by atoms with Crippen LogP contribution >= 0.6 is 0 Å². The van der Waals surface area contributed by atoms with Gasteiger partial charge in [0.1, 0.15) is 0 Å². The van der Waals surface area contributed by atoms with Gasteiger partial charge in [0.25, 0.3) is 5.69 Å². The van der Waals surface area contributed by atoms with Crippen molar-refractivity contribution in [1.29, 1.82) is 0 Å². The third kappa shape index (κ3) is 3.82. The molecule has 0 amide bonds. The van der Waals surface area contributed by atoms with Crippen LogP contribution in [-0.2, 0) is 0 Å². The molecule has 0 saturated heterocycles. The summed E-state index contributed by atoms with van der Waals surface area (Å²) in [6, 6.07) is 2.75. The zero-order chi connectivity index (χ0) is 14.4. The fraction of sp³-hybridized carbons (Fsp3) is 0.538. The van der Waals surface area contributed by atoms with Crippen molar-refractivity contribution in [2.24, 2.45) is 0 Å². The zero-order valence-electron chi connectivity index (χ0n) is 11.4. The smallest absolute Gasteiger partial charge is 0.279 e. The summed E-state index contributed by atoms with van der Waals surface area (Å²) in [4.78, 5) is 10.5. The van der Waals surface area contributed by atoms with E-state index in [1.165, 1.54) is 26.2 Å². The fourth-order valence-corrected chi connectivity index (χ4v) is 1.66. The monoisotopic (exact) mass is 269 g/mol. The van der Waals surface area contributed by atoms with Crippen LogP contribution in [0.5, 0.6) is 11.5 Å². The molecule has 1 atom stereocenters. The Bertz CT molecular complexity index is 445. The van der Waals surface area contributed by atoms with Gasteiger partial charge in [-0.1, -0.05) is 13.3 Å². The minimum absolute atomic E-state index is 0.165. The van der Waals surface area contributed by atoms with Crippen LogP contribution in [0.25, 0.3) is 0 Å². The number of nitrogens with zero attached hydrogens (tertiary/aromatic N) is 1. The van der Waals surface area contributed by atoms with Crippen molar-refractivity contribution in [3.05, 3.63) is 27.8 Å². The largest absolute Gasteiger partial charge is 0.493 e. The van der Waals surface area contributed by atoms with Gasteiger partial charge in [0.15, 0.2) is 11.5 Å². The molecule has 6 heteroatoms. The molecule has 106 valence electrons. The molecule has 0 saturated carbocycles. The van der Waals surface area contributed by atoms with Crippen molar-refractivity contribution in [2.45, 2.75) is 32.8 Å². The van der Waals surface area contributed by atoms with E-state index in [2.05, 4.69) is 0 Å². The van der Waals surface area contributed by atoms with E-state index >= 15 is 0 Å². The number of hydrogen-bond donors (Lipinski definition) is 1. The van der Waals surface area contributed by atoms with E-state index in [1.54, 1.807) is 0 Å². The Morgan fingerprint density at radius 1 is 1.42 bits per heavy atom. The number of nitro groups is 1. The molecule has 6 nitrogen and oxygen atoms in total. The van der Waals surface area contributed by atoms with Gasteiger partial charge in [-0.05, 0) is 19.4 Å². The lowest BCUT2D eigenvalue weighted by molar-refractivity contribution is -0.386. The molecule has 0 radical (unpaired) electrons. The maximum atomic E-state index is 11.0. The van der Waals surface area contributed by atoms with Crippen LogP contribution in [0, 0.1) is 10.1 Å². The van der Waals surface area contributed by atoms with Gasteiger partial charge in [0.2, 0.25) is 0 Å². The molecule has 0 aliphatic carbocycles. The molecule has 1 unspecified atom stereocenters. The molecule has 1 N–H and O–H groups in total. The summed E-state index contributed by atoms with van der Waals surface area (Å²) in [7, 11) is 1.46. The Kier molecular flexibility index (Phi) is 5.57. The second kappa shape index (κ2) is 6.94. The highest BCUT2D eigenvalue weighted by Crippen LogP contribution is 2.37. The summed E-state index contributed by atoms with van der Waals surface area (Å²) >= 11 is 0. The first-order chi connectivity index (χ1) is 9.01. The van der Waals surface area contributed by atoms with Crippen molar-refractivity contribution in [1.82, 2.24) is 0 Å². The molecule has 19 heavy (non-hydrogen) atoms. The SMILES string of the molecule is CCCCOc1cc([N+](=O)[O-])c(C(C)O)cc1OC. The molecule has 1 aromatic rings. The van der Waals surface area contributed by atoms with E-state index in [0.717, 1.165) is 12.8 Å². The molecule has 0 heterocycles. The maximum Gasteiger partial charge on any atom is 0.279 e. The summed E-state index contributed by atoms with van der Waals surface area (Å²) in [5.41, 5.74) is 0.0481. The van der Waals surface area contributed by atoms with Gasteiger partial charge < -0.3 is 14.6 Å². The van der Waals surface area contributed by atoms with Crippen LogP contribution in [0.3, 0.4) is 0 Å². The van der Waals surface area contributed by atoms with E-state index in [9.17, 15) is 15.2 Å². The quantitative estimate of drug-likeness (QED) is 0.467. The number of ether oxygens (including phenoxy) is 2. The predicted molar refractivity (Wildman–Crippen MR) is 70.7 cm³/mol. The first-order valence-corrected chi connectivity index (χ1v) is 6.18. The van der Waals surface area contributed by atoms with Crippen LogP contribution in [0.15, 0.2) is 12.1 Å². The molecular weight excluding hydrogens is 250 g/mol. The van der Waals surface area contributed by atoms with Gasteiger partial charge in [0, 0.05) is 0 Å². The lowest BCUT2D eigenvalue weighted by Crippen LogP contribution is -2.04. The summed E-state index contributed by atoms with van der Waals surface area (Å²) in [6.45, 7) is 3.97. The van der Waals surface area contributed by atoms with Crippen molar-refractivity contribution >= 4 is 5.69 Å². The first kappa shape index (κ1) is 15.2. The molecule has 0 aromatic heterocycles. The van der Waals surface area contributed by atoms with E-state index in [0.29, 0.717) is 18.1 Å². The third-order valence-corrected chi connectivity index (χ3v) is 2.72. The second-order valence-corrected chi connectivity index (χ2v) is 4.20. The normalized spacial score (nSPS) is 12.0. The third-order valence-electron chi connectivity index (χ3n) is 2.72. The van der Waals surface area contributed by atoms with E-state index in [4.69, 9.17) is 9.47 Å². The highest BCUT2D eigenvalue weighted by molar-refractivity contribution is 5.55. The number of unbranched alkanes of at least 4 members (excludes halogenated alkanes) is 1. The first-order valence-electron chi connectivity index (χ1n) is 6.18. The van der Waals surface area contributed by atoms with Crippen molar-refractivity contribution < 1.29 is 19.5 Å². The number of methoxy groups -OCH3 is 1. The molecule has 0 aliphatic heterocycles. The van der Waals surface area contributed by atoms with Crippen LogP contribution in [0.1, 0.15) is 38.4 Å². The standard InChI is InChI=1S/C13H19NO5/c1-4-5-6-19-13-8-11(14(16)17)10(9(2)15)7-12(13)18-3/h7-9,15H,4-6H2,1-3H3. The highest BCUT2D eigenvalue weighted by Gasteiger charge is 2.22. The highest BCUT2D eigenvalue weighted by atomic mass is 16.6. The summed E-state index contributed by atoms with van der Waals surface area (Å²) in [6.07, 6.45) is 0.879. The Morgan fingerprint density at radius 2 is 2.11 bits per heavy atom. The molecular formula is C13H19NO5. The van der Waals surface area contributed by atoms with Crippen LogP contribution in [0.2, 0.25) is 0 Å². The topological polar surface area (TPSA) is 81.8 Å². The lowest BCUT2D eigenvalue weighted by Gasteiger charge is -2.13. The molecule has 0 bridgehead atoms. The Balaban J connectivity index is 3.16. The number of benzene rings is 1. The summed E-state index contributed by atoms with van der Waals surface area (Å²) in [5, 5.41) is 20.6. The predicted octanol–water partition coefficient (Wildman–Crippen LogP) is 2.84. The fourth-order valence-electron chi connectivity index (χ4n) is 1.66. The molecule has 0 fully saturated rings. The van der Waals surface area contributed by atoms with E-state index in [-0.39, 0.29) is 11.3 Å². The van der Waals surface area contributed by atoms with Gasteiger partial charge in [-0.2, -0.15) is 0 Å². The van der Waals surface area contributed by atoms with Crippen molar-refractivity contribution in [3.63, 3.8) is 0 Å². The van der Waals surface area contributed by atoms with Crippen LogP contribution in [0.4, 0.5) is 5.69 Å². The van der Waals surface area contributed by atoms with Crippen LogP contribution < -0.4 is 9.47 Å². The number of aliphatic hydroxyl groups excluding tert-OH is 1. The van der Waals surface area contributed by atoms with Gasteiger partial charge in [-0.25, -0.2) is 0 Å². The molecule has 0 aliphatic rings. The number of nitro benzene ring substituents is 1. The van der Waals surface area contributed by atoms with Crippen LogP contribution in [-0.4, -0.2) is 23.7 Å². The molecule has 0 spiro atoms.